The van der Waals surface area contributed by atoms with E-state index in [2.05, 4.69) is 4.98 Å². The average Bonchev–Trinajstić information content (AvgIpc) is 2.84. The van der Waals surface area contributed by atoms with Crippen LogP contribution in [0.25, 0.3) is 22.0 Å². The van der Waals surface area contributed by atoms with Crippen LogP contribution in [-0.2, 0) is 24.0 Å². The van der Waals surface area contributed by atoms with Crippen molar-refractivity contribution in [3.8, 4) is 17.3 Å². The number of hydrogen-bond donors (Lipinski definition) is 0. The van der Waals surface area contributed by atoms with Gasteiger partial charge in [0.25, 0.3) is 0 Å². The van der Waals surface area contributed by atoms with E-state index in [9.17, 15) is 8.78 Å². The van der Waals surface area contributed by atoms with E-state index in [1.807, 2.05) is 36.5 Å². The number of hydrogen-bond acceptors (Lipinski definition) is 3. The van der Waals surface area contributed by atoms with Gasteiger partial charge in [0.2, 0.25) is 0 Å². The van der Waals surface area contributed by atoms with E-state index in [0.29, 0.717) is 23.1 Å². The number of halogens is 3. The monoisotopic (exact) mass is 460 g/mol. The number of ether oxygens (including phenoxy) is 1. The summed E-state index contributed by atoms with van der Waals surface area (Å²) in [4.78, 5) is 4.55. The van der Waals surface area contributed by atoms with Crippen LogP contribution >= 0.6 is 0 Å². The Morgan fingerprint density at radius 3 is 2.35 bits per heavy atom. The molecule has 0 aliphatic heterocycles. The van der Waals surface area contributed by atoms with Crippen LogP contribution in [0, 0.1) is 28.8 Å². The van der Waals surface area contributed by atoms with E-state index in [1.165, 1.54) is 6.07 Å². The summed E-state index contributed by atoms with van der Waals surface area (Å²) in [6.45, 7) is 0.710. The molecule has 0 N–H and O–H groups in total. The molecule has 0 aliphatic rings. The van der Waals surface area contributed by atoms with Gasteiger partial charge in [0.15, 0.2) is 0 Å². The van der Waals surface area contributed by atoms with Gasteiger partial charge in [-0.2, -0.15) is 5.26 Å². The molecule has 0 saturated heterocycles. The number of methoxy groups -OCH3 is 1. The number of fused-ring (bicyclic) bond motifs is 1. The lowest BCUT2D eigenvalue weighted by Crippen LogP contribution is -1.99. The summed E-state index contributed by atoms with van der Waals surface area (Å²) in [6.07, 6.45) is 4.22. The van der Waals surface area contributed by atoms with Gasteiger partial charge in [-0.05, 0) is 72.0 Å². The van der Waals surface area contributed by atoms with Crippen molar-refractivity contribution in [3.63, 3.8) is 0 Å². The lowest BCUT2D eigenvalue weighted by Gasteiger charge is -2.10. The Bertz CT molecular complexity index is 1340. The van der Waals surface area contributed by atoms with Crippen molar-refractivity contribution in [1.82, 2.24) is 4.98 Å². The lowest BCUT2D eigenvalue weighted by molar-refractivity contribution is 0.195. The van der Waals surface area contributed by atoms with Gasteiger partial charge >= 0.3 is 0 Å². The molecule has 0 unspecified atom stereocenters. The molecule has 0 aliphatic carbocycles. The van der Waals surface area contributed by atoms with E-state index >= 15 is 4.39 Å². The highest BCUT2D eigenvalue weighted by molar-refractivity contribution is 5.88. The molecule has 6 heteroatoms. The second-order valence-corrected chi connectivity index (χ2v) is 8.17. The minimum atomic E-state index is -0.902. The van der Waals surface area contributed by atoms with Crippen molar-refractivity contribution in [2.75, 3.05) is 13.7 Å². The van der Waals surface area contributed by atoms with Gasteiger partial charge in [-0.25, -0.2) is 13.2 Å². The fourth-order valence-corrected chi connectivity index (χ4v) is 4.01. The molecule has 3 aromatic carbocycles. The largest absolute Gasteiger partial charge is 0.385 e. The molecule has 172 valence electrons. The van der Waals surface area contributed by atoms with E-state index in [0.717, 1.165) is 47.2 Å². The van der Waals surface area contributed by atoms with Gasteiger partial charge in [-0.1, -0.05) is 30.3 Å². The van der Waals surface area contributed by atoms with E-state index in [1.54, 1.807) is 19.2 Å². The number of benzene rings is 3. The maximum absolute atomic E-state index is 15.2. The van der Waals surface area contributed by atoms with Crippen LogP contribution in [0.5, 0.6) is 0 Å². The molecule has 1 aromatic heterocycles. The van der Waals surface area contributed by atoms with Crippen molar-refractivity contribution in [1.29, 1.82) is 5.26 Å². The highest BCUT2D eigenvalue weighted by atomic mass is 19.1. The zero-order valence-electron chi connectivity index (χ0n) is 18.7. The van der Waals surface area contributed by atoms with Crippen molar-refractivity contribution >= 4 is 10.8 Å². The number of aromatic nitrogens is 1. The first-order valence-electron chi connectivity index (χ1n) is 11.0. The molecule has 4 rings (SSSR count). The summed E-state index contributed by atoms with van der Waals surface area (Å²) in [5.74, 6) is -2.15. The van der Waals surface area contributed by atoms with Gasteiger partial charge in [0, 0.05) is 30.9 Å². The molecular formula is C28H23F3N2O. The number of rotatable bonds is 8. The summed E-state index contributed by atoms with van der Waals surface area (Å²) in [5.41, 5.74) is 3.08. The Morgan fingerprint density at radius 2 is 1.68 bits per heavy atom. The average molecular weight is 460 g/mol. The zero-order chi connectivity index (χ0) is 24.1. The predicted octanol–water partition coefficient (Wildman–Crippen LogP) is 6.55. The Balaban J connectivity index is 1.51. The normalized spacial score (nSPS) is 11.0. The lowest BCUT2D eigenvalue weighted by atomic mass is 9.98. The van der Waals surface area contributed by atoms with Crippen LogP contribution in [0.4, 0.5) is 13.2 Å². The fourth-order valence-electron chi connectivity index (χ4n) is 4.01. The van der Waals surface area contributed by atoms with Crippen LogP contribution in [-0.4, -0.2) is 18.7 Å². The highest BCUT2D eigenvalue weighted by Gasteiger charge is 2.13. The molecule has 0 atom stereocenters. The fraction of sp³-hybridized carbons (Fsp3) is 0.214. The third-order valence-electron chi connectivity index (χ3n) is 5.87. The Labute approximate surface area is 196 Å². The van der Waals surface area contributed by atoms with E-state index in [4.69, 9.17) is 10.00 Å². The summed E-state index contributed by atoms with van der Waals surface area (Å²) in [6, 6.07) is 16.8. The molecule has 0 spiro atoms. The second-order valence-electron chi connectivity index (χ2n) is 8.17. The molecule has 4 aromatic rings. The summed E-state index contributed by atoms with van der Waals surface area (Å²) in [5, 5.41) is 10.0. The van der Waals surface area contributed by atoms with Crippen LogP contribution in [0.3, 0.4) is 0 Å². The number of nitriles is 1. The van der Waals surface area contributed by atoms with Crippen molar-refractivity contribution in [2.45, 2.75) is 25.7 Å². The Kier molecular flexibility index (Phi) is 7.24. The maximum atomic E-state index is 15.2. The Hall–Kier alpha value is -3.69. The first-order valence-corrected chi connectivity index (χ1v) is 11.0. The topological polar surface area (TPSA) is 45.9 Å². The molecule has 0 fully saturated rings. The number of pyridine rings is 1. The molecule has 1 heterocycles. The summed E-state index contributed by atoms with van der Waals surface area (Å²) < 4.78 is 47.9. The minimum Gasteiger partial charge on any atom is -0.385 e. The first-order chi connectivity index (χ1) is 16.5. The van der Waals surface area contributed by atoms with Gasteiger partial charge in [0.05, 0.1) is 5.69 Å². The van der Waals surface area contributed by atoms with E-state index in [-0.39, 0.29) is 18.7 Å². The standard InChI is InChI=1S/C28H23F3N2O/c1-34-12-2-3-18-5-11-27(33-17-18)22-9-10-23-21(15-22)8-7-20(28(23)31)6-4-19-13-25(29)24(16-32)26(30)14-19/h5,7-11,13-15,17H,2-4,6,12H2,1H3. The molecular weight excluding hydrogens is 437 g/mol. The van der Waals surface area contributed by atoms with Crippen molar-refractivity contribution < 1.29 is 17.9 Å². The van der Waals surface area contributed by atoms with E-state index < -0.39 is 17.2 Å². The van der Waals surface area contributed by atoms with Gasteiger partial charge in [-0.3, -0.25) is 4.98 Å². The van der Waals surface area contributed by atoms with Crippen molar-refractivity contribution in [2.24, 2.45) is 0 Å². The molecule has 0 radical (unpaired) electrons. The third kappa shape index (κ3) is 5.11. The molecule has 0 bridgehead atoms. The second kappa shape index (κ2) is 10.5. The summed E-state index contributed by atoms with van der Waals surface area (Å²) in [7, 11) is 1.69. The van der Waals surface area contributed by atoms with Crippen LogP contribution in [0.15, 0.2) is 60.8 Å². The van der Waals surface area contributed by atoms with Gasteiger partial charge in [0.1, 0.15) is 29.1 Å². The quantitative estimate of drug-likeness (QED) is 0.280. The zero-order valence-corrected chi connectivity index (χ0v) is 18.7. The molecule has 0 amide bonds. The maximum Gasteiger partial charge on any atom is 0.144 e. The minimum absolute atomic E-state index is 0.251. The van der Waals surface area contributed by atoms with Crippen LogP contribution in [0.2, 0.25) is 0 Å². The summed E-state index contributed by atoms with van der Waals surface area (Å²) >= 11 is 0. The molecule has 3 nitrogen and oxygen atoms in total. The van der Waals surface area contributed by atoms with Gasteiger partial charge < -0.3 is 4.74 Å². The SMILES string of the molecule is COCCCc1ccc(-c2ccc3c(F)c(CCc4cc(F)c(C#N)c(F)c4)ccc3c2)nc1. The predicted molar refractivity (Wildman–Crippen MR) is 126 cm³/mol. The van der Waals surface area contributed by atoms with Crippen molar-refractivity contribution in [3.05, 3.63) is 100 Å². The van der Waals surface area contributed by atoms with Gasteiger partial charge in [-0.15, -0.1) is 0 Å². The number of nitrogens with zero attached hydrogens (tertiary/aromatic N) is 2. The third-order valence-corrected chi connectivity index (χ3v) is 5.87. The first kappa shape index (κ1) is 23.5. The number of aryl methyl sites for hydroxylation is 3. The highest BCUT2D eigenvalue weighted by Crippen LogP contribution is 2.28. The van der Waals surface area contributed by atoms with Crippen LogP contribution in [0.1, 0.15) is 28.7 Å². The smallest absolute Gasteiger partial charge is 0.144 e. The molecule has 34 heavy (non-hydrogen) atoms. The van der Waals surface area contributed by atoms with Crippen LogP contribution < -0.4 is 0 Å². The molecule has 0 saturated carbocycles. The Morgan fingerprint density at radius 1 is 0.882 bits per heavy atom.